The largest absolute Gasteiger partial charge is 0.360 e. The van der Waals surface area contributed by atoms with Crippen LogP contribution in [-0.4, -0.2) is 34.5 Å². The van der Waals surface area contributed by atoms with Crippen LogP contribution >= 0.6 is 0 Å². The molecule has 0 saturated heterocycles. The van der Waals surface area contributed by atoms with Gasteiger partial charge in [-0.15, -0.1) is 0 Å². The molecule has 110 valence electrons. The number of carbonyl (C=O) groups is 2. The highest BCUT2D eigenvalue weighted by Gasteiger charge is 2.31. The number of carbonyl (C=O) groups excluding carboxylic acids is 2. The Labute approximate surface area is 118 Å². The van der Waals surface area contributed by atoms with E-state index in [4.69, 9.17) is 4.52 Å². The fourth-order valence-electron chi connectivity index (χ4n) is 2.17. The second kappa shape index (κ2) is 6.07. The smallest absolute Gasteiger partial charge is 0.245 e. The number of aromatic nitrogens is 1. The van der Waals surface area contributed by atoms with Crippen LogP contribution in [0, 0.1) is 12.8 Å². The number of aryl methyl sites for hydroxylation is 1. The quantitative estimate of drug-likeness (QED) is 0.894. The third-order valence-corrected chi connectivity index (χ3v) is 3.57. The third-order valence-electron chi connectivity index (χ3n) is 3.57. The Balaban J connectivity index is 1.93. The molecule has 0 aliphatic heterocycles. The highest BCUT2D eigenvalue weighted by Crippen LogP contribution is 2.28. The van der Waals surface area contributed by atoms with E-state index in [9.17, 15) is 9.59 Å². The molecular formula is C14H21N3O3. The van der Waals surface area contributed by atoms with Gasteiger partial charge in [-0.1, -0.05) is 11.6 Å². The van der Waals surface area contributed by atoms with E-state index in [1.165, 1.54) is 0 Å². The standard InChI is InChI=1S/C14H21N3O3/c1-9(2)17(14(19)11-5-4-6-11)8-13(18)15-12-7-10(3)20-16-12/h7,9,11H,4-6,8H2,1-3H3,(H,15,16,18). The number of hydrogen-bond acceptors (Lipinski definition) is 4. The Hall–Kier alpha value is -1.85. The summed E-state index contributed by atoms with van der Waals surface area (Å²) < 4.78 is 4.88. The van der Waals surface area contributed by atoms with E-state index in [1.807, 2.05) is 13.8 Å². The van der Waals surface area contributed by atoms with Gasteiger partial charge in [-0.05, 0) is 33.6 Å². The minimum absolute atomic E-state index is 0.00731. The van der Waals surface area contributed by atoms with Crippen LogP contribution in [0.3, 0.4) is 0 Å². The molecule has 0 radical (unpaired) electrons. The summed E-state index contributed by atoms with van der Waals surface area (Å²) in [5.41, 5.74) is 0. The molecule has 1 fully saturated rings. The van der Waals surface area contributed by atoms with Gasteiger partial charge in [-0.25, -0.2) is 0 Å². The second-order valence-corrected chi connectivity index (χ2v) is 5.56. The van der Waals surface area contributed by atoms with E-state index in [0.717, 1.165) is 19.3 Å². The van der Waals surface area contributed by atoms with Crippen LogP contribution in [0.4, 0.5) is 5.82 Å². The van der Waals surface area contributed by atoms with Crippen molar-refractivity contribution in [1.82, 2.24) is 10.1 Å². The molecule has 6 nitrogen and oxygen atoms in total. The van der Waals surface area contributed by atoms with Gasteiger partial charge in [0.25, 0.3) is 0 Å². The maximum absolute atomic E-state index is 12.3. The zero-order valence-electron chi connectivity index (χ0n) is 12.2. The monoisotopic (exact) mass is 279 g/mol. The van der Waals surface area contributed by atoms with E-state index in [0.29, 0.717) is 11.6 Å². The molecule has 0 spiro atoms. The van der Waals surface area contributed by atoms with Gasteiger partial charge in [0, 0.05) is 18.0 Å². The van der Waals surface area contributed by atoms with E-state index < -0.39 is 0 Å². The number of hydrogen-bond donors (Lipinski definition) is 1. The topological polar surface area (TPSA) is 75.4 Å². The van der Waals surface area contributed by atoms with Crippen molar-refractivity contribution < 1.29 is 14.1 Å². The van der Waals surface area contributed by atoms with Crippen LogP contribution in [0.1, 0.15) is 38.9 Å². The number of amides is 2. The van der Waals surface area contributed by atoms with Crippen LogP contribution in [0.25, 0.3) is 0 Å². The minimum atomic E-state index is -0.250. The minimum Gasteiger partial charge on any atom is -0.360 e. The Morgan fingerprint density at radius 3 is 2.65 bits per heavy atom. The zero-order chi connectivity index (χ0) is 14.7. The van der Waals surface area contributed by atoms with Crippen molar-refractivity contribution in [3.63, 3.8) is 0 Å². The van der Waals surface area contributed by atoms with Crippen molar-refractivity contribution in [3.8, 4) is 0 Å². The molecule has 1 aromatic rings. The van der Waals surface area contributed by atoms with E-state index in [-0.39, 0.29) is 30.3 Å². The first-order chi connectivity index (χ1) is 9.47. The zero-order valence-corrected chi connectivity index (χ0v) is 12.2. The van der Waals surface area contributed by atoms with Crippen molar-refractivity contribution in [2.45, 2.75) is 46.1 Å². The van der Waals surface area contributed by atoms with Gasteiger partial charge in [0.1, 0.15) is 12.3 Å². The molecule has 2 rings (SSSR count). The van der Waals surface area contributed by atoms with Crippen LogP contribution in [0.15, 0.2) is 10.6 Å². The van der Waals surface area contributed by atoms with Crippen molar-refractivity contribution >= 4 is 17.6 Å². The average molecular weight is 279 g/mol. The van der Waals surface area contributed by atoms with E-state index >= 15 is 0 Å². The second-order valence-electron chi connectivity index (χ2n) is 5.56. The third kappa shape index (κ3) is 3.37. The molecule has 1 N–H and O–H groups in total. The molecule has 6 heteroatoms. The van der Waals surface area contributed by atoms with Gasteiger partial charge >= 0.3 is 0 Å². The van der Waals surface area contributed by atoms with Crippen LogP contribution in [0.2, 0.25) is 0 Å². The Morgan fingerprint density at radius 2 is 2.20 bits per heavy atom. The molecule has 1 saturated carbocycles. The summed E-state index contributed by atoms with van der Waals surface area (Å²) in [4.78, 5) is 25.9. The molecule has 1 aliphatic rings. The molecule has 20 heavy (non-hydrogen) atoms. The first-order valence-electron chi connectivity index (χ1n) is 7.01. The summed E-state index contributed by atoms with van der Waals surface area (Å²) in [6, 6.07) is 1.65. The van der Waals surface area contributed by atoms with Gasteiger partial charge in [-0.3, -0.25) is 9.59 Å². The first kappa shape index (κ1) is 14.6. The molecule has 2 amide bonds. The molecule has 1 aliphatic carbocycles. The van der Waals surface area contributed by atoms with Crippen molar-refractivity contribution in [2.24, 2.45) is 5.92 Å². The summed E-state index contributed by atoms with van der Waals surface area (Å²) in [6.07, 6.45) is 2.98. The highest BCUT2D eigenvalue weighted by atomic mass is 16.5. The number of anilines is 1. The summed E-state index contributed by atoms with van der Waals surface area (Å²) in [5, 5.41) is 6.35. The normalized spacial score (nSPS) is 15.0. The molecule has 0 bridgehead atoms. The maximum atomic E-state index is 12.3. The lowest BCUT2D eigenvalue weighted by atomic mass is 9.84. The van der Waals surface area contributed by atoms with Gasteiger partial charge in [0.05, 0.1) is 0 Å². The number of nitrogens with zero attached hydrogens (tertiary/aromatic N) is 2. The summed E-state index contributed by atoms with van der Waals surface area (Å²) >= 11 is 0. The number of nitrogens with one attached hydrogen (secondary N) is 1. The highest BCUT2D eigenvalue weighted by molar-refractivity contribution is 5.94. The van der Waals surface area contributed by atoms with Crippen LogP contribution < -0.4 is 5.32 Å². The van der Waals surface area contributed by atoms with Crippen molar-refractivity contribution in [1.29, 1.82) is 0 Å². The Kier molecular flexibility index (Phi) is 4.42. The molecule has 0 aromatic carbocycles. The lowest BCUT2D eigenvalue weighted by Crippen LogP contribution is -2.46. The van der Waals surface area contributed by atoms with Crippen LogP contribution in [-0.2, 0) is 9.59 Å². The van der Waals surface area contributed by atoms with Gasteiger partial charge < -0.3 is 14.7 Å². The fourth-order valence-corrected chi connectivity index (χ4v) is 2.17. The van der Waals surface area contributed by atoms with Crippen molar-refractivity contribution in [2.75, 3.05) is 11.9 Å². The lowest BCUT2D eigenvalue weighted by Gasteiger charge is -2.33. The molecule has 0 unspecified atom stereocenters. The van der Waals surface area contributed by atoms with E-state index in [1.54, 1.807) is 17.9 Å². The summed E-state index contributed by atoms with van der Waals surface area (Å²) in [6.45, 7) is 5.65. The Bertz CT molecular complexity index is 492. The van der Waals surface area contributed by atoms with Gasteiger partial charge in [-0.2, -0.15) is 0 Å². The molecule has 1 heterocycles. The predicted octanol–water partition coefficient (Wildman–Crippen LogP) is 1.96. The summed E-state index contributed by atoms with van der Waals surface area (Å²) in [5.74, 6) is 0.941. The molecule has 1 aromatic heterocycles. The lowest BCUT2D eigenvalue weighted by molar-refractivity contribution is -0.142. The molecular weight excluding hydrogens is 258 g/mol. The van der Waals surface area contributed by atoms with Gasteiger partial charge in [0.2, 0.25) is 11.8 Å². The maximum Gasteiger partial charge on any atom is 0.245 e. The first-order valence-corrected chi connectivity index (χ1v) is 7.01. The van der Waals surface area contributed by atoms with Gasteiger partial charge in [0.15, 0.2) is 5.82 Å². The van der Waals surface area contributed by atoms with E-state index in [2.05, 4.69) is 10.5 Å². The fraction of sp³-hybridized carbons (Fsp3) is 0.643. The Morgan fingerprint density at radius 1 is 1.50 bits per heavy atom. The average Bonchev–Trinajstić information content (AvgIpc) is 2.68. The predicted molar refractivity (Wildman–Crippen MR) is 74.1 cm³/mol. The van der Waals surface area contributed by atoms with Crippen molar-refractivity contribution in [3.05, 3.63) is 11.8 Å². The van der Waals surface area contributed by atoms with Crippen LogP contribution in [0.5, 0.6) is 0 Å². The molecule has 0 atom stereocenters. The summed E-state index contributed by atoms with van der Waals surface area (Å²) in [7, 11) is 0. The number of rotatable bonds is 5. The SMILES string of the molecule is Cc1cc(NC(=O)CN(C(=O)C2CCC2)C(C)C)no1.